The molecule has 0 saturated carbocycles. The molecule has 4 nitrogen and oxygen atoms in total. The molecular formula is C10H13F3N2O2S. The highest BCUT2D eigenvalue weighted by molar-refractivity contribution is 7.89. The van der Waals surface area contributed by atoms with E-state index in [0.717, 1.165) is 19.2 Å². The first-order valence-corrected chi connectivity index (χ1v) is 6.46. The van der Waals surface area contributed by atoms with Gasteiger partial charge in [-0.25, -0.2) is 21.6 Å². The van der Waals surface area contributed by atoms with Gasteiger partial charge in [0.25, 0.3) is 6.43 Å². The van der Waals surface area contributed by atoms with Crippen LogP contribution in [0.4, 0.5) is 13.2 Å². The van der Waals surface area contributed by atoms with Gasteiger partial charge in [0.1, 0.15) is 10.7 Å². The van der Waals surface area contributed by atoms with E-state index in [-0.39, 0.29) is 6.54 Å². The van der Waals surface area contributed by atoms with Crippen LogP contribution in [0.2, 0.25) is 0 Å². The second-order valence-corrected chi connectivity index (χ2v) is 5.66. The van der Waals surface area contributed by atoms with Gasteiger partial charge in [-0.05, 0) is 17.7 Å². The molecule has 0 aliphatic rings. The lowest BCUT2D eigenvalue weighted by molar-refractivity contribution is 0.126. The smallest absolute Gasteiger partial charge is 0.252 e. The zero-order valence-corrected chi connectivity index (χ0v) is 10.4. The lowest BCUT2D eigenvalue weighted by Crippen LogP contribution is -2.32. The van der Waals surface area contributed by atoms with Gasteiger partial charge in [-0.3, -0.25) is 0 Å². The summed E-state index contributed by atoms with van der Waals surface area (Å²) in [5, 5.41) is 0. The normalized spacial score (nSPS) is 12.4. The van der Waals surface area contributed by atoms with Crippen LogP contribution in [-0.4, -0.2) is 32.7 Å². The van der Waals surface area contributed by atoms with Crippen molar-refractivity contribution in [3.63, 3.8) is 0 Å². The van der Waals surface area contributed by atoms with Crippen molar-refractivity contribution in [2.24, 2.45) is 5.73 Å². The summed E-state index contributed by atoms with van der Waals surface area (Å²) in [6, 6.07) is 3.33. The molecule has 102 valence electrons. The van der Waals surface area contributed by atoms with Gasteiger partial charge < -0.3 is 5.73 Å². The Morgan fingerprint density at radius 2 is 2.00 bits per heavy atom. The first kappa shape index (κ1) is 14.9. The number of rotatable bonds is 5. The largest absolute Gasteiger partial charge is 0.326 e. The number of benzene rings is 1. The Balaban J connectivity index is 3.19. The van der Waals surface area contributed by atoms with E-state index in [1.165, 1.54) is 6.07 Å². The van der Waals surface area contributed by atoms with Gasteiger partial charge in [0.15, 0.2) is 0 Å². The van der Waals surface area contributed by atoms with E-state index in [9.17, 15) is 21.6 Å². The fourth-order valence-electron chi connectivity index (χ4n) is 1.33. The number of hydrogen-bond acceptors (Lipinski definition) is 3. The second kappa shape index (κ2) is 5.68. The Kier molecular flexibility index (Phi) is 4.71. The maximum atomic E-state index is 13.5. The molecule has 1 rings (SSSR count). The molecule has 0 aliphatic heterocycles. The van der Waals surface area contributed by atoms with E-state index < -0.39 is 33.7 Å². The highest BCUT2D eigenvalue weighted by Gasteiger charge is 2.26. The Hall–Kier alpha value is -1.12. The zero-order valence-electron chi connectivity index (χ0n) is 9.61. The first-order valence-electron chi connectivity index (χ1n) is 5.02. The molecule has 0 radical (unpaired) electrons. The third-order valence-corrected chi connectivity index (χ3v) is 4.15. The van der Waals surface area contributed by atoms with Gasteiger partial charge in [0, 0.05) is 13.6 Å². The number of halogens is 3. The van der Waals surface area contributed by atoms with Gasteiger partial charge in [0.2, 0.25) is 10.0 Å². The van der Waals surface area contributed by atoms with Crippen LogP contribution in [0, 0.1) is 5.82 Å². The van der Waals surface area contributed by atoms with E-state index in [0.29, 0.717) is 9.87 Å². The first-order chi connectivity index (χ1) is 8.28. The molecule has 2 N–H and O–H groups in total. The van der Waals surface area contributed by atoms with Crippen molar-refractivity contribution in [2.75, 3.05) is 13.6 Å². The monoisotopic (exact) mass is 282 g/mol. The average Bonchev–Trinajstić information content (AvgIpc) is 2.28. The third-order valence-electron chi connectivity index (χ3n) is 2.31. The average molecular weight is 282 g/mol. The van der Waals surface area contributed by atoms with E-state index in [1.54, 1.807) is 0 Å². The fraction of sp³-hybridized carbons (Fsp3) is 0.400. The number of nitrogens with two attached hydrogens (primary N) is 1. The maximum absolute atomic E-state index is 13.5. The van der Waals surface area contributed by atoms with Crippen LogP contribution in [0.3, 0.4) is 0 Å². The molecule has 0 bridgehead atoms. The van der Waals surface area contributed by atoms with Crippen molar-refractivity contribution in [1.82, 2.24) is 4.31 Å². The summed E-state index contributed by atoms with van der Waals surface area (Å²) in [4.78, 5) is -0.645. The van der Waals surface area contributed by atoms with Crippen molar-refractivity contribution in [2.45, 2.75) is 17.9 Å². The van der Waals surface area contributed by atoms with Crippen LogP contribution in [0.15, 0.2) is 23.1 Å². The summed E-state index contributed by atoms with van der Waals surface area (Å²) in [7, 11) is -3.31. The van der Waals surface area contributed by atoms with Crippen molar-refractivity contribution in [3.8, 4) is 0 Å². The van der Waals surface area contributed by atoms with E-state index >= 15 is 0 Å². The standard InChI is InChI=1S/C10H13F3N2O2S/c1-15(6-10(12)13)18(16,17)9-4-7(5-14)2-3-8(9)11/h2-4,10H,5-6,14H2,1H3. The van der Waals surface area contributed by atoms with E-state index in [1.807, 2.05) is 0 Å². The summed E-state index contributed by atoms with van der Waals surface area (Å²) >= 11 is 0. The SMILES string of the molecule is CN(CC(F)F)S(=O)(=O)c1cc(CN)ccc1F. The highest BCUT2D eigenvalue weighted by atomic mass is 32.2. The van der Waals surface area contributed by atoms with Crippen molar-refractivity contribution in [1.29, 1.82) is 0 Å². The summed E-state index contributed by atoms with van der Waals surface area (Å²) in [5.74, 6) is -0.992. The number of alkyl halides is 2. The molecule has 0 saturated heterocycles. The summed E-state index contributed by atoms with van der Waals surface area (Å²) in [6.45, 7) is -0.962. The molecule has 1 aromatic rings. The van der Waals surface area contributed by atoms with Crippen LogP contribution in [-0.2, 0) is 16.6 Å². The molecule has 0 atom stereocenters. The van der Waals surface area contributed by atoms with Gasteiger partial charge in [0.05, 0.1) is 6.54 Å². The molecule has 0 heterocycles. The predicted octanol–water partition coefficient (Wildman–Crippen LogP) is 1.17. The third kappa shape index (κ3) is 3.21. The molecule has 0 fully saturated rings. The number of hydrogen-bond donors (Lipinski definition) is 1. The topological polar surface area (TPSA) is 63.4 Å². The summed E-state index contributed by atoms with van der Waals surface area (Å²) in [6.07, 6.45) is -2.83. The Morgan fingerprint density at radius 3 is 2.50 bits per heavy atom. The molecular weight excluding hydrogens is 269 g/mol. The second-order valence-electron chi connectivity index (χ2n) is 3.65. The fourth-order valence-corrected chi connectivity index (χ4v) is 2.59. The maximum Gasteiger partial charge on any atom is 0.252 e. The quantitative estimate of drug-likeness (QED) is 0.881. The minimum absolute atomic E-state index is 0.0291. The molecule has 0 unspecified atom stereocenters. The van der Waals surface area contributed by atoms with Gasteiger partial charge in [-0.15, -0.1) is 0 Å². The van der Waals surface area contributed by atoms with E-state index in [2.05, 4.69) is 0 Å². The van der Waals surface area contributed by atoms with Gasteiger partial charge >= 0.3 is 0 Å². The Labute approximate surface area is 103 Å². The summed E-state index contributed by atoms with van der Waals surface area (Å²) in [5.41, 5.74) is 5.72. The van der Waals surface area contributed by atoms with Gasteiger partial charge in [-0.1, -0.05) is 6.07 Å². The molecule has 0 spiro atoms. The lowest BCUT2D eigenvalue weighted by Gasteiger charge is -2.17. The number of sulfonamides is 1. The minimum atomic E-state index is -4.27. The van der Waals surface area contributed by atoms with Crippen LogP contribution >= 0.6 is 0 Å². The minimum Gasteiger partial charge on any atom is -0.326 e. The van der Waals surface area contributed by atoms with Crippen LogP contribution in [0.5, 0.6) is 0 Å². The predicted molar refractivity (Wildman–Crippen MR) is 60.1 cm³/mol. The van der Waals surface area contributed by atoms with Gasteiger partial charge in [-0.2, -0.15) is 4.31 Å². The Bertz CT molecular complexity index is 520. The van der Waals surface area contributed by atoms with E-state index in [4.69, 9.17) is 5.73 Å². The molecule has 8 heteroatoms. The van der Waals surface area contributed by atoms with Crippen molar-refractivity contribution < 1.29 is 21.6 Å². The molecule has 0 aliphatic carbocycles. The highest BCUT2D eigenvalue weighted by Crippen LogP contribution is 2.20. The van der Waals surface area contributed by atoms with Crippen LogP contribution in [0.1, 0.15) is 5.56 Å². The van der Waals surface area contributed by atoms with Crippen LogP contribution < -0.4 is 5.73 Å². The van der Waals surface area contributed by atoms with Crippen molar-refractivity contribution >= 4 is 10.0 Å². The van der Waals surface area contributed by atoms with Crippen molar-refractivity contribution in [3.05, 3.63) is 29.6 Å². The van der Waals surface area contributed by atoms with Crippen LogP contribution in [0.25, 0.3) is 0 Å². The molecule has 0 amide bonds. The molecule has 18 heavy (non-hydrogen) atoms. The molecule has 0 aromatic heterocycles. The zero-order chi connectivity index (χ0) is 13.9. The lowest BCUT2D eigenvalue weighted by atomic mass is 10.2. The Morgan fingerprint density at radius 1 is 1.39 bits per heavy atom. The molecule has 1 aromatic carbocycles. The number of nitrogens with zero attached hydrogens (tertiary/aromatic N) is 1. The summed E-state index contributed by atoms with van der Waals surface area (Å²) < 4.78 is 61.9.